The van der Waals surface area contributed by atoms with Crippen LogP contribution >= 0.6 is 0 Å². The number of rotatable bonds is 7. The lowest BCUT2D eigenvalue weighted by Crippen LogP contribution is -2.04. The van der Waals surface area contributed by atoms with Gasteiger partial charge < -0.3 is 9.13 Å². The zero-order valence-corrected chi connectivity index (χ0v) is 33.6. The Bertz CT molecular complexity index is 3440. The molecule has 62 heavy (non-hydrogen) atoms. The van der Waals surface area contributed by atoms with Crippen LogP contribution in [-0.2, 0) is 0 Å². The summed E-state index contributed by atoms with van der Waals surface area (Å²) in [5.41, 5.74) is 13.9. The van der Waals surface area contributed by atoms with Crippen LogP contribution in [0.5, 0.6) is 0 Å². The molecule has 0 unspecified atom stereocenters. The summed E-state index contributed by atoms with van der Waals surface area (Å²) in [6.45, 7) is 0. The van der Waals surface area contributed by atoms with Crippen LogP contribution in [0.15, 0.2) is 224 Å². The van der Waals surface area contributed by atoms with Gasteiger partial charge in [-0.05, 0) is 59.7 Å². The van der Waals surface area contributed by atoms with Crippen molar-refractivity contribution < 1.29 is 0 Å². The van der Waals surface area contributed by atoms with Crippen LogP contribution in [0.4, 0.5) is 0 Å². The highest BCUT2D eigenvalue weighted by Gasteiger charge is 2.24. The Morgan fingerprint density at radius 2 is 0.613 bits per heavy atom. The first kappa shape index (κ1) is 35.5. The molecule has 0 N–H and O–H groups in total. The third-order valence-electron chi connectivity index (χ3n) is 12.0. The van der Waals surface area contributed by atoms with Crippen molar-refractivity contribution >= 4 is 43.6 Å². The highest BCUT2D eigenvalue weighted by molar-refractivity contribution is 6.13. The Kier molecular flexibility index (Phi) is 8.42. The highest BCUT2D eigenvalue weighted by Crippen LogP contribution is 2.44. The molecule has 0 aliphatic rings. The molecule has 0 fully saturated rings. The van der Waals surface area contributed by atoms with Crippen LogP contribution in [0, 0.1) is 0 Å². The summed E-state index contributed by atoms with van der Waals surface area (Å²) in [4.78, 5) is 15.4. The van der Waals surface area contributed by atoms with Gasteiger partial charge in [-0.3, -0.25) is 0 Å². The summed E-state index contributed by atoms with van der Waals surface area (Å²) in [5.74, 6) is 1.86. The monoisotopic (exact) mass is 791 g/mol. The van der Waals surface area contributed by atoms with E-state index in [-0.39, 0.29) is 0 Å². The van der Waals surface area contributed by atoms with Crippen molar-refractivity contribution in [3.8, 4) is 67.8 Å². The van der Waals surface area contributed by atoms with Crippen LogP contribution in [-0.4, -0.2) is 24.1 Å². The maximum atomic E-state index is 5.21. The minimum Gasteiger partial charge on any atom is -0.309 e. The third-order valence-corrected chi connectivity index (χ3v) is 12.0. The van der Waals surface area contributed by atoms with Gasteiger partial charge in [-0.2, -0.15) is 0 Å². The molecule has 0 spiro atoms. The molecule has 5 nitrogen and oxygen atoms in total. The van der Waals surface area contributed by atoms with Crippen molar-refractivity contribution in [1.29, 1.82) is 0 Å². The quantitative estimate of drug-likeness (QED) is 0.162. The van der Waals surface area contributed by atoms with E-state index in [2.05, 4.69) is 197 Å². The number of aromatic nitrogens is 5. The largest absolute Gasteiger partial charge is 0.309 e. The molecule has 3 aromatic heterocycles. The molecule has 0 saturated heterocycles. The van der Waals surface area contributed by atoms with Gasteiger partial charge in [-0.25, -0.2) is 15.0 Å². The fourth-order valence-electron chi connectivity index (χ4n) is 9.16. The minimum atomic E-state index is 0.608. The predicted octanol–water partition coefficient (Wildman–Crippen LogP) is 14.4. The summed E-state index contributed by atoms with van der Waals surface area (Å²) in [6.07, 6.45) is 0. The molecular weight excluding hydrogens is 755 g/mol. The van der Waals surface area contributed by atoms with E-state index in [4.69, 9.17) is 15.0 Å². The molecule has 0 aliphatic heterocycles. The second-order valence-corrected chi connectivity index (χ2v) is 15.6. The van der Waals surface area contributed by atoms with Gasteiger partial charge in [0.25, 0.3) is 0 Å². The first-order chi connectivity index (χ1) is 30.8. The molecule has 3 heterocycles. The lowest BCUT2D eigenvalue weighted by molar-refractivity contribution is 1.07. The van der Waals surface area contributed by atoms with Gasteiger partial charge in [0.2, 0.25) is 0 Å². The molecule has 9 aromatic carbocycles. The summed E-state index contributed by atoms with van der Waals surface area (Å²) in [5, 5.41) is 4.86. The molecule has 0 amide bonds. The Morgan fingerprint density at radius 3 is 1.08 bits per heavy atom. The van der Waals surface area contributed by atoms with E-state index in [0.717, 1.165) is 61.4 Å². The number of hydrogen-bond acceptors (Lipinski definition) is 3. The second-order valence-electron chi connectivity index (χ2n) is 15.6. The van der Waals surface area contributed by atoms with E-state index in [9.17, 15) is 0 Å². The molecule has 0 bridgehead atoms. The van der Waals surface area contributed by atoms with Crippen molar-refractivity contribution in [2.45, 2.75) is 0 Å². The second kappa shape index (κ2) is 14.7. The van der Waals surface area contributed by atoms with Gasteiger partial charge in [0.15, 0.2) is 17.5 Å². The average Bonchev–Trinajstić information content (AvgIpc) is 3.87. The smallest absolute Gasteiger partial charge is 0.164 e. The van der Waals surface area contributed by atoms with Crippen molar-refractivity contribution in [3.63, 3.8) is 0 Å². The number of para-hydroxylation sites is 3. The molecule has 5 heteroatoms. The number of fused-ring (bicyclic) bond motifs is 6. The van der Waals surface area contributed by atoms with Crippen LogP contribution in [0.2, 0.25) is 0 Å². The molecule has 0 saturated carbocycles. The lowest BCUT2D eigenvalue weighted by Gasteiger charge is -2.21. The molecule has 0 aliphatic carbocycles. The number of nitrogens with zero attached hydrogens (tertiary/aromatic N) is 5. The van der Waals surface area contributed by atoms with Gasteiger partial charge in [-0.1, -0.05) is 176 Å². The highest BCUT2D eigenvalue weighted by atomic mass is 15.0. The number of benzene rings is 9. The zero-order chi connectivity index (χ0) is 41.0. The van der Waals surface area contributed by atoms with E-state index in [1.807, 2.05) is 36.4 Å². The van der Waals surface area contributed by atoms with Gasteiger partial charge in [0.05, 0.1) is 27.8 Å². The normalized spacial score (nSPS) is 11.5. The molecule has 0 atom stereocenters. The van der Waals surface area contributed by atoms with E-state index in [0.29, 0.717) is 17.5 Å². The Hall–Kier alpha value is -8.41. The van der Waals surface area contributed by atoms with Gasteiger partial charge >= 0.3 is 0 Å². The fourth-order valence-corrected chi connectivity index (χ4v) is 9.16. The van der Waals surface area contributed by atoms with Crippen molar-refractivity contribution in [3.05, 3.63) is 224 Å². The standard InChI is InChI=1S/C57H37N5/c1-5-19-38(20-6-1)47-35-42(57-59-55(40-23-9-3-10-24-40)58-56(60-57)41-25-11-4-12-26-41)36-48(39-21-7-2-8-22-39)54(47)62-52-32-18-15-29-46(52)49-37-43(33-34-53(49)62)61-50-30-16-13-27-44(50)45-28-14-17-31-51(45)61/h1-37H. The minimum absolute atomic E-state index is 0.608. The molecule has 290 valence electrons. The van der Waals surface area contributed by atoms with Crippen LogP contribution in [0.1, 0.15) is 0 Å². The van der Waals surface area contributed by atoms with E-state index in [1.54, 1.807) is 0 Å². The van der Waals surface area contributed by atoms with E-state index in [1.165, 1.54) is 32.6 Å². The Balaban J connectivity index is 1.16. The van der Waals surface area contributed by atoms with Crippen LogP contribution in [0.3, 0.4) is 0 Å². The zero-order valence-electron chi connectivity index (χ0n) is 33.6. The van der Waals surface area contributed by atoms with Gasteiger partial charge in [0, 0.05) is 55.0 Å². The van der Waals surface area contributed by atoms with Crippen molar-refractivity contribution in [1.82, 2.24) is 24.1 Å². The summed E-state index contributed by atoms with van der Waals surface area (Å²) in [6, 6.07) is 79.4. The first-order valence-corrected chi connectivity index (χ1v) is 21.0. The summed E-state index contributed by atoms with van der Waals surface area (Å²) in [7, 11) is 0. The average molecular weight is 792 g/mol. The Morgan fingerprint density at radius 1 is 0.258 bits per heavy atom. The van der Waals surface area contributed by atoms with Gasteiger partial charge in [0.1, 0.15) is 0 Å². The molecule has 12 rings (SSSR count). The van der Waals surface area contributed by atoms with Crippen molar-refractivity contribution in [2.75, 3.05) is 0 Å². The van der Waals surface area contributed by atoms with E-state index >= 15 is 0 Å². The molecule has 0 radical (unpaired) electrons. The topological polar surface area (TPSA) is 48.5 Å². The SMILES string of the molecule is c1ccc(-c2nc(-c3ccccc3)nc(-c3cc(-c4ccccc4)c(-n4c5ccccc5c5cc(-n6c7ccccc7c7ccccc76)ccc54)c(-c4ccccc4)c3)n2)cc1. The van der Waals surface area contributed by atoms with Crippen LogP contribution in [0.25, 0.3) is 111 Å². The maximum absolute atomic E-state index is 5.21. The first-order valence-electron chi connectivity index (χ1n) is 21.0. The van der Waals surface area contributed by atoms with Crippen LogP contribution < -0.4 is 0 Å². The predicted molar refractivity (Wildman–Crippen MR) is 256 cm³/mol. The van der Waals surface area contributed by atoms with Gasteiger partial charge in [-0.15, -0.1) is 0 Å². The molecular formula is C57H37N5. The third kappa shape index (κ3) is 5.90. The maximum Gasteiger partial charge on any atom is 0.164 e. The Labute approximate surface area is 358 Å². The molecule has 12 aromatic rings. The lowest BCUT2D eigenvalue weighted by atomic mass is 9.92. The summed E-state index contributed by atoms with van der Waals surface area (Å²) >= 11 is 0. The number of hydrogen-bond donors (Lipinski definition) is 0. The van der Waals surface area contributed by atoms with Crippen molar-refractivity contribution in [2.24, 2.45) is 0 Å². The summed E-state index contributed by atoms with van der Waals surface area (Å²) < 4.78 is 4.87. The van der Waals surface area contributed by atoms with E-state index < -0.39 is 0 Å². The fraction of sp³-hybridized carbons (Fsp3) is 0.